The van der Waals surface area contributed by atoms with Gasteiger partial charge in [-0.25, -0.2) is 8.42 Å². The molecule has 1 amide bonds. The summed E-state index contributed by atoms with van der Waals surface area (Å²) in [6.07, 6.45) is 0. The second-order valence-electron chi connectivity index (χ2n) is 8.30. The fourth-order valence-corrected chi connectivity index (χ4v) is 5.51. The van der Waals surface area contributed by atoms with Crippen LogP contribution >= 0.6 is 11.6 Å². The molecule has 0 fully saturated rings. The van der Waals surface area contributed by atoms with E-state index in [1.54, 1.807) is 54.6 Å². The minimum Gasteiger partial charge on any atom is -0.497 e. The van der Waals surface area contributed by atoms with Crippen molar-refractivity contribution in [3.8, 4) is 11.5 Å². The third-order valence-electron chi connectivity index (χ3n) is 5.81. The number of amides is 1. The van der Waals surface area contributed by atoms with Crippen LogP contribution in [0.4, 0.5) is 11.4 Å². The number of rotatable bonds is 10. The fraction of sp³-hybridized carbons (Fsp3) is 0.103. The molecule has 0 radical (unpaired) electrons. The van der Waals surface area contributed by atoms with Crippen molar-refractivity contribution >= 4 is 44.7 Å². The average Bonchev–Trinajstić information content (AvgIpc) is 2.97. The van der Waals surface area contributed by atoms with Crippen LogP contribution in [0.25, 0.3) is 0 Å². The smallest absolute Gasteiger partial charge is 0.264 e. The number of hydrogen-bond donors (Lipinski definition) is 1. The Hall–Kier alpha value is -4.34. The number of nitrogens with one attached hydrogen (secondary N) is 1. The zero-order chi connectivity index (χ0) is 28.0. The summed E-state index contributed by atoms with van der Waals surface area (Å²) in [6.45, 7) is -0.610. The Bertz CT molecular complexity index is 1600. The van der Waals surface area contributed by atoms with E-state index < -0.39 is 22.5 Å². The maximum absolute atomic E-state index is 13.7. The molecule has 0 aliphatic heterocycles. The van der Waals surface area contributed by atoms with Gasteiger partial charge < -0.3 is 14.8 Å². The van der Waals surface area contributed by atoms with Crippen molar-refractivity contribution in [1.29, 1.82) is 0 Å². The van der Waals surface area contributed by atoms with Gasteiger partial charge in [0.2, 0.25) is 5.91 Å². The number of carbonyl (C=O) groups is 2. The van der Waals surface area contributed by atoms with E-state index in [0.717, 1.165) is 4.31 Å². The lowest BCUT2D eigenvalue weighted by molar-refractivity contribution is -0.114. The van der Waals surface area contributed by atoms with Crippen molar-refractivity contribution < 1.29 is 27.5 Å². The molecule has 0 unspecified atom stereocenters. The van der Waals surface area contributed by atoms with Crippen LogP contribution in [0.2, 0.25) is 5.02 Å². The van der Waals surface area contributed by atoms with E-state index in [-0.39, 0.29) is 33.4 Å². The minimum atomic E-state index is -4.21. The molecule has 4 rings (SSSR count). The van der Waals surface area contributed by atoms with Gasteiger partial charge in [0.25, 0.3) is 10.0 Å². The van der Waals surface area contributed by atoms with Gasteiger partial charge in [-0.1, -0.05) is 60.1 Å². The summed E-state index contributed by atoms with van der Waals surface area (Å²) in [5.74, 6) is -0.397. The van der Waals surface area contributed by atoms with Gasteiger partial charge in [-0.2, -0.15) is 0 Å². The summed E-state index contributed by atoms with van der Waals surface area (Å²) in [6, 6.07) is 25.4. The molecule has 200 valence electrons. The van der Waals surface area contributed by atoms with Gasteiger partial charge in [-0.05, 0) is 42.5 Å². The van der Waals surface area contributed by atoms with Crippen LogP contribution in [0.5, 0.6) is 11.5 Å². The second kappa shape index (κ2) is 12.0. The number of halogens is 1. The van der Waals surface area contributed by atoms with Gasteiger partial charge in [0.05, 0.1) is 30.5 Å². The van der Waals surface area contributed by atoms with Crippen molar-refractivity contribution in [1.82, 2.24) is 0 Å². The van der Waals surface area contributed by atoms with E-state index in [1.807, 2.05) is 0 Å². The average molecular weight is 565 g/mol. The maximum Gasteiger partial charge on any atom is 0.264 e. The zero-order valence-corrected chi connectivity index (χ0v) is 22.7. The first-order valence-corrected chi connectivity index (χ1v) is 13.6. The number of methoxy groups -OCH3 is 2. The Morgan fingerprint density at radius 3 is 2.15 bits per heavy atom. The van der Waals surface area contributed by atoms with E-state index in [4.69, 9.17) is 21.1 Å². The molecular formula is C29H25ClN2O6S. The van der Waals surface area contributed by atoms with Crippen LogP contribution in [0.3, 0.4) is 0 Å². The van der Waals surface area contributed by atoms with Crippen LogP contribution in [-0.4, -0.2) is 40.9 Å². The Labute approximate surface area is 231 Å². The number of carbonyl (C=O) groups excluding carboxylic acids is 2. The van der Waals surface area contributed by atoms with Gasteiger partial charge in [0, 0.05) is 22.2 Å². The van der Waals surface area contributed by atoms with Gasteiger partial charge in [0.1, 0.15) is 18.0 Å². The number of anilines is 2. The molecule has 4 aromatic carbocycles. The van der Waals surface area contributed by atoms with Crippen LogP contribution in [-0.2, 0) is 14.8 Å². The molecule has 39 heavy (non-hydrogen) atoms. The summed E-state index contributed by atoms with van der Waals surface area (Å²) in [7, 11) is -1.34. The Morgan fingerprint density at radius 1 is 0.846 bits per heavy atom. The summed E-state index contributed by atoms with van der Waals surface area (Å²) in [4.78, 5) is 26.5. The first-order valence-electron chi connectivity index (χ1n) is 11.7. The van der Waals surface area contributed by atoms with E-state index in [2.05, 4.69) is 5.32 Å². The monoisotopic (exact) mass is 564 g/mol. The molecule has 0 aliphatic carbocycles. The zero-order valence-electron chi connectivity index (χ0n) is 21.1. The highest BCUT2D eigenvalue weighted by Crippen LogP contribution is 2.35. The van der Waals surface area contributed by atoms with E-state index in [0.29, 0.717) is 16.3 Å². The summed E-state index contributed by atoms with van der Waals surface area (Å²) in [5.41, 5.74) is 0.902. The molecule has 8 nitrogen and oxygen atoms in total. The lowest BCUT2D eigenvalue weighted by Gasteiger charge is -2.26. The van der Waals surface area contributed by atoms with Crippen LogP contribution < -0.4 is 19.1 Å². The highest BCUT2D eigenvalue weighted by molar-refractivity contribution is 7.92. The Balaban J connectivity index is 1.72. The number of ketones is 1. The molecule has 0 aliphatic rings. The molecule has 0 saturated heterocycles. The maximum atomic E-state index is 13.7. The molecule has 0 bridgehead atoms. The van der Waals surface area contributed by atoms with Crippen molar-refractivity contribution in [2.75, 3.05) is 30.4 Å². The lowest BCUT2D eigenvalue weighted by atomic mass is 10.0. The summed E-state index contributed by atoms with van der Waals surface area (Å²) < 4.78 is 39.1. The number of benzene rings is 4. The highest BCUT2D eigenvalue weighted by Gasteiger charge is 2.30. The first-order chi connectivity index (χ1) is 18.7. The number of sulfonamides is 1. The predicted octanol–water partition coefficient (Wildman–Crippen LogP) is 5.42. The van der Waals surface area contributed by atoms with Gasteiger partial charge in [0.15, 0.2) is 5.78 Å². The number of nitrogens with zero attached hydrogens (tertiary/aromatic N) is 1. The van der Waals surface area contributed by atoms with Gasteiger partial charge in [-0.15, -0.1) is 0 Å². The second-order valence-corrected chi connectivity index (χ2v) is 10.6. The molecular weight excluding hydrogens is 540 g/mol. The normalized spacial score (nSPS) is 10.9. The van der Waals surface area contributed by atoms with Gasteiger partial charge in [-0.3, -0.25) is 13.9 Å². The number of ether oxygens (including phenoxy) is 2. The molecule has 1 N–H and O–H groups in total. The standard InChI is InChI=1S/C29H25ClN2O6S/c1-37-22-14-16-26(27(18-22)38-2)32(39(35,36)23-11-7-4-8-12-23)19-28(33)31-25-15-13-21(30)17-24(25)29(34)20-9-5-3-6-10-20/h3-18H,19H2,1-2H3,(H,31,33). The lowest BCUT2D eigenvalue weighted by Crippen LogP contribution is -2.38. The Morgan fingerprint density at radius 2 is 1.51 bits per heavy atom. The molecule has 0 aromatic heterocycles. The van der Waals surface area contributed by atoms with E-state index >= 15 is 0 Å². The molecule has 10 heteroatoms. The van der Waals surface area contributed by atoms with E-state index in [1.165, 1.54) is 56.7 Å². The largest absolute Gasteiger partial charge is 0.497 e. The quantitative estimate of drug-likeness (QED) is 0.258. The molecule has 0 heterocycles. The Kier molecular flexibility index (Phi) is 8.53. The third kappa shape index (κ3) is 6.22. The number of hydrogen-bond acceptors (Lipinski definition) is 6. The molecule has 0 spiro atoms. The van der Waals surface area contributed by atoms with Crippen LogP contribution in [0.15, 0.2) is 102 Å². The fourth-order valence-electron chi connectivity index (χ4n) is 3.89. The predicted molar refractivity (Wildman–Crippen MR) is 150 cm³/mol. The molecule has 0 atom stereocenters. The van der Waals surface area contributed by atoms with Crippen molar-refractivity contribution in [3.05, 3.63) is 113 Å². The van der Waals surface area contributed by atoms with Crippen molar-refractivity contribution in [3.63, 3.8) is 0 Å². The highest BCUT2D eigenvalue weighted by atomic mass is 35.5. The molecule has 0 saturated carbocycles. The van der Waals surface area contributed by atoms with Gasteiger partial charge >= 0.3 is 0 Å². The minimum absolute atomic E-state index is 0.0119. The molecule has 4 aromatic rings. The summed E-state index contributed by atoms with van der Waals surface area (Å²) in [5, 5.41) is 2.99. The third-order valence-corrected chi connectivity index (χ3v) is 7.82. The first kappa shape index (κ1) is 27.7. The SMILES string of the molecule is COc1ccc(N(CC(=O)Nc2ccc(Cl)cc2C(=O)c2ccccc2)S(=O)(=O)c2ccccc2)c(OC)c1. The van der Waals surface area contributed by atoms with Crippen molar-refractivity contribution in [2.24, 2.45) is 0 Å². The van der Waals surface area contributed by atoms with Crippen molar-refractivity contribution in [2.45, 2.75) is 4.90 Å². The summed E-state index contributed by atoms with van der Waals surface area (Å²) >= 11 is 6.16. The van der Waals surface area contributed by atoms with Crippen LogP contribution in [0.1, 0.15) is 15.9 Å². The van der Waals surface area contributed by atoms with E-state index in [9.17, 15) is 18.0 Å². The van der Waals surface area contributed by atoms with Crippen LogP contribution in [0, 0.1) is 0 Å². The topological polar surface area (TPSA) is 102 Å².